The maximum absolute atomic E-state index is 10.6. The zero-order valence-corrected chi connectivity index (χ0v) is 19.0. The van der Waals surface area contributed by atoms with Gasteiger partial charge < -0.3 is 19.7 Å². The van der Waals surface area contributed by atoms with Crippen LogP contribution in [-0.4, -0.2) is 29.3 Å². The van der Waals surface area contributed by atoms with Crippen LogP contribution in [0, 0.1) is 34.1 Å². The van der Waals surface area contributed by atoms with Crippen molar-refractivity contribution in [3.05, 3.63) is 55.6 Å². The molecule has 0 aromatic heterocycles. The Morgan fingerprint density at radius 1 is 0.964 bits per heavy atom. The van der Waals surface area contributed by atoms with Gasteiger partial charge in [0.05, 0.1) is 12.3 Å². The molecule has 0 fully saturated rings. The van der Waals surface area contributed by atoms with Crippen LogP contribution in [0.25, 0.3) is 0 Å². The highest BCUT2D eigenvalue weighted by Crippen LogP contribution is 2.41. The molecule has 2 aromatic carbocycles. The summed E-state index contributed by atoms with van der Waals surface area (Å²) in [6.07, 6.45) is 0. The topological polar surface area (TPSA) is 145 Å². The van der Waals surface area contributed by atoms with Gasteiger partial charge >= 0.3 is 11.4 Å². The number of halogens is 2. The Labute approximate surface area is 187 Å². The van der Waals surface area contributed by atoms with Crippen molar-refractivity contribution < 1.29 is 29.5 Å². The number of nitro groups is 2. The fourth-order valence-corrected chi connectivity index (χ4v) is 2.14. The summed E-state index contributed by atoms with van der Waals surface area (Å²) < 4.78 is 11.2. The molecule has 0 saturated carbocycles. The first-order valence-corrected chi connectivity index (χ1v) is 10.5. The van der Waals surface area contributed by atoms with Crippen molar-refractivity contribution in [2.75, 3.05) is 9.23 Å². The molecule has 152 valence electrons. The van der Waals surface area contributed by atoms with E-state index in [0.717, 1.165) is 5.56 Å². The van der Waals surface area contributed by atoms with Gasteiger partial charge in [-0.15, -0.1) is 0 Å². The van der Waals surface area contributed by atoms with Crippen LogP contribution in [0.1, 0.15) is 11.1 Å². The fraction of sp³-hybridized carbons (Fsp3) is 0.250. The number of nitro benzene ring substituents is 2. The minimum Gasteiger partial charge on any atom is -0.504 e. The lowest BCUT2D eigenvalue weighted by Crippen LogP contribution is -1.94. The van der Waals surface area contributed by atoms with Crippen LogP contribution >= 0.6 is 45.2 Å². The summed E-state index contributed by atoms with van der Waals surface area (Å²) in [4.78, 5) is 19.6. The Balaban J connectivity index is 0.000000247. The molecule has 0 aliphatic carbocycles. The largest absolute Gasteiger partial charge is 0.504 e. The number of aryl methyl sites for hydroxylation is 2. The van der Waals surface area contributed by atoms with Crippen molar-refractivity contribution in [3.63, 3.8) is 0 Å². The van der Waals surface area contributed by atoms with Gasteiger partial charge in [-0.05, 0) is 37.1 Å². The van der Waals surface area contributed by atoms with Crippen LogP contribution in [0.3, 0.4) is 0 Å². The van der Waals surface area contributed by atoms with Gasteiger partial charge in [0.2, 0.25) is 18.3 Å². The van der Waals surface area contributed by atoms with Crippen LogP contribution in [0.15, 0.2) is 24.3 Å². The third-order valence-corrected chi connectivity index (χ3v) is 3.20. The Bertz CT molecular complexity index is 876. The Hall–Kier alpha value is -2.10. The van der Waals surface area contributed by atoms with Gasteiger partial charge in [-0.1, -0.05) is 45.2 Å². The van der Waals surface area contributed by atoms with E-state index in [-0.39, 0.29) is 18.2 Å². The number of ether oxygens (including phenoxy) is 2. The highest BCUT2D eigenvalue weighted by Gasteiger charge is 2.25. The van der Waals surface area contributed by atoms with Crippen LogP contribution in [0.4, 0.5) is 11.4 Å². The molecule has 0 amide bonds. The molecule has 2 aromatic rings. The highest BCUT2D eigenvalue weighted by atomic mass is 127. The quantitative estimate of drug-likeness (QED) is 0.161. The molecule has 0 unspecified atom stereocenters. The molecule has 0 bridgehead atoms. The molecule has 0 radical (unpaired) electrons. The maximum Gasteiger partial charge on any atom is 0.315 e. The summed E-state index contributed by atoms with van der Waals surface area (Å²) in [7, 11) is 0. The molecule has 3 rings (SSSR count). The number of fused-ring (bicyclic) bond motifs is 1. The van der Waals surface area contributed by atoms with E-state index in [2.05, 4.69) is 45.2 Å². The summed E-state index contributed by atoms with van der Waals surface area (Å²) in [5.74, 6) is -0.477. The van der Waals surface area contributed by atoms with E-state index < -0.39 is 27.0 Å². The molecule has 12 heteroatoms. The molecular weight excluding hydrogens is 602 g/mol. The maximum atomic E-state index is 10.6. The van der Waals surface area contributed by atoms with Crippen molar-refractivity contribution in [2.24, 2.45) is 0 Å². The number of phenols is 2. The molecule has 0 spiro atoms. The molecule has 1 aliphatic heterocycles. The molecule has 28 heavy (non-hydrogen) atoms. The van der Waals surface area contributed by atoms with Crippen molar-refractivity contribution in [2.45, 2.75) is 13.8 Å². The normalized spacial score (nSPS) is 10.9. The Morgan fingerprint density at radius 2 is 1.46 bits per heavy atom. The third-order valence-electron chi connectivity index (χ3n) is 3.20. The van der Waals surface area contributed by atoms with E-state index in [4.69, 9.17) is 19.7 Å². The highest BCUT2D eigenvalue weighted by molar-refractivity contribution is 14.2. The average molecular weight is 618 g/mol. The Morgan fingerprint density at radius 3 is 2.00 bits per heavy atom. The van der Waals surface area contributed by atoms with Crippen molar-refractivity contribution in [3.8, 4) is 23.0 Å². The second kappa shape index (κ2) is 11.0. The van der Waals surface area contributed by atoms with Crippen LogP contribution in [-0.2, 0) is 0 Å². The van der Waals surface area contributed by atoms with Gasteiger partial charge in [0.25, 0.3) is 0 Å². The number of nitrogens with zero attached hydrogens (tertiary/aromatic N) is 2. The molecule has 1 heterocycles. The number of benzene rings is 2. The standard InChI is InChI=1S/C8H7NO4.C7H7NO4.CH2I2/c1-5-2-6(9(10)11)8-7(3-5)12-4-13-8;1-4-2-5(8(11)12)7(10)6(9)3-4;2-1-3/h2-3H,4H2,1H3;2-3,9-10H,1H3;1H2. The van der Waals surface area contributed by atoms with Crippen LogP contribution in [0.2, 0.25) is 0 Å². The van der Waals surface area contributed by atoms with Gasteiger partial charge in [0.1, 0.15) is 0 Å². The van der Waals surface area contributed by atoms with Gasteiger partial charge in [0, 0.05) is 12.1 Å². The molecule has 0 saturated heterocycles. The van der Waals surface area contributed by atoms with Gasteiger partial charge in [-0.25, -0.2) is 0 Å². The van der Waals surface area contributed by atoms with E-state index in [0.29, 0.717) is 11.3 Å². The third kappa shape index (κ3) is 6.50. The number of aromatic hydroxyl groups is 2. The smallest absolute Gasteiger partial charge is 0.315 e. The molecule has 0 atom stereocenters. The predicted molar refractivity (Wildman–Crippen MR) is 118 cm³/mol. The average Bonchev–Trinajstić information content (AvgIpc) is 3.06. The monoisotopic (exact) mass is 618 g/mol. The van der Waals surface area contributed by atoms with Crippen molar-refractivity contribution in [1.82, 2.24) is 0 Å². The minimum atomic E-state index is -0.748. The summed E-state index contributed by atoms with van der Waals surface area (Å²) in [6.45, 7) is 3.42. The summed E-state index contributed by atoms with van der Waals surface area (Å²) in [5.41, 5.74) is 0.799. The van der Waals surface area contributed by atoms with Crippen LogP contribution in [0.5, 0.6) is 23.0 Å². The zero-order valence-electron chi connectivity index (χ0n) is 14.7. The minimum absolute atomic E-state index is 0.0347. The van der Waals surface area contributed by atoms with E-state index in [1.165, 1.54) is 20.6 Å². The first-order valence-electron chi connectivity index (χ1n) is 7.45. The predicted octanol–water partition coefficient (Wildman–Crippen LogP) is 4.76. The number of rotatable bonds is 2. The van der Waals surface area contributed by atoms with E-state index >= 15 is 0 Å². The summed E-state index contributed by atoms with van der Waals surface area (Å²) in [6, 6.07) is 5.63. The number of hydrogen-bond acceptors (Lipinski definition) is 8. The van der Waals surface area contributed by atoms with E-state index in [1.54, 1.807) is 19.9 Å². The van der Waals surface area contributed by atoms with E-state index in [1.807, 2.05) is 0 Å². The van der Waals surface area contributed by atoms with Crippen LogP contribution < -0.4 is 9.47 Å². The zero-order chi connectivity index (χ0) is 21.4. The molecule has 2 N–H and O–H groups in total. The number of alkyl halides is 2. The molecular formula is C16H16I2N2O8. The van der Waals surface area contributed by atoms with E-state index in [9.17, 15) is 20.2 Å². The SMILES string of the molecule is Cc1cc(O)c(O)c([N+](=O)[O-])c1.Cc1cc2c(c([N+](=O)[O-])c1)OCO2.ICI. The first-order chi connectivity index (χ1) is 13.1. The lowest BCUT2D eigenvalue weighted by atomic mass is 10.2. The summed E-state index contributed by atoms with van der Waals surface area (Å²) in [5, 5.41) is 38.8. The first kappa shape index (κ1) is 23.9. The van der Waals surface area contributed by atoms with Crippen molar-refractivity contribution >= 4 is 56.6 Å². The molecule has 10 nitrogen and oxygen atoms in total. The van der Waals surface area contributed by atoms with Gasteiger partial charge in [0.15, 0.2) is 11.5 Å². The summed E-state index contributed by atoms with van der Waals surface area (Å²) >= 11 is 4.55. The van der Waals surface area contributed by atoms with Gasteiger partial charge in [-0.2, -0.15) is 0 Å². The second-order valence-corrected chi connectivity index (χ2v) is 9.73. The lowest BCUT2D eigenvalue weighted by Gasteiger charge is -1.99. The number of phenolic OH excluding ortho intramolecular Hbond substituents is 2. The Kier molecular flexibility index (Phi) is 9.44. The number of hydrogen-bond donors (Lipinski definition) is 2. The fourth-order valence-electron chi connectivity index (χ4n) is 2.14. The van der Waals surface area contributed by atoms with Gasteiger partial charge in [-0.3, -0.25) is 20.2 Å². The molecule has 1 aliphatic rings. The lowest BCUT2D eigenvalue weighted by molar-refractivity contribution is -0.386. The van der Waals surface area contributed by atoms with Crippen molar-refractivity contribution in [1.29, 1.82) is 0 Å². The second-order valence-electron chi connectivity index (χ2n) is 5.28.